The predicted molar refractivity (Wildman–Crippen MR) is 88.4 cm³/mol. The van der Waals surface area contributed by atoms with E-state index in [1.807, 2.05) is 18.2 Å². The molecule has 6 heteroatoms. The number of nitrogen functional groups attached to an aromatic ring is 1. The number of benzene rings is 1. The number of hydrogen-bond acceptors (Lipinski definition) is 2. The van der Waals surface area contributed by atoms with Crippen LogP contribution in [0, 0.1) is 0 Å². The lowest BCUT2D eigenvalue weighted by Crippen LogP contribution is -3.00. The molecular weight excluding hydrogens is 452 g/mol. The zero-order chi connectivity index (χ0) is 14.5. The van der Waals surface area contributed by atoms with E-state index in [1.54, 1.807) is 0 Å². The van der Waals surface area contributed by atoms with Gasteiger partial charge in [-0.05, 0) is 50.1 Å². The molecule has 3 nitrogen and oxygen atoms in total. The van der Waals surface area contributed by atoms with Gasteiger partial charge in [-0.2, -0.15) is 0 Å². The van der Waals surface area contributed by atoms with Crippen LogP contribution in [0.15, 0.2) is 33.7 Å². The Bertz CT molecular complexity index is 427. The van der Waals surface area contributed by atoms with Gasteiger partial charge in [-0.15, -0.1) is 0 Å². The maximum Gasteiger partial charge on any atom is 0.147 e. The quantitative estimate of drug-likeness (QED) is 0.276. The standard InChI is InChI=1S/C14H21Br2N2O.BrH/c1-4-6-18(2,3)7-5-8-19-14-12(15)9-11(17)10-13(14)16;/h4,9-10H,1,5-8,17H2,2-3H3;1H/q+1;/p-1. The first-order valence-electron chi connectivity index (χ1n) is 6.16. The summed E-state index contributed by atoms with van der Waals surface area (Å²) in [6.45, 7) is 6.48. The van der Waals surface area contributed by atoms with E-state index < -0.39 is 0 Å². The number of halogens is 3. The van der Waals surface area contributed by atoms with Crippen LogP contribution in [-0.2, 0) is 0 Å². The predicted octanol–water partition coefficient (Wildman–Crippen LogP) is 0.829. The highest BCUT2D eigenvalue weighted by Gasteiger charge is 2.13. The van der Waals surface area contributed by atoms with Crippen LogP contribution in [0.25, 0.3) is 0 Å². The van der Waals surface area contributed by atoms with Crippen molar-refractivity contribution in [1.82, 2.24) is 0 Å². The summed E-state index contributed by atoms with van der Waals surface area (Å²) in [5.74, 6) is 0.809. The minimum absolute atomic E-state index is 0. The summed E-state index contributed by atoms with van der Waals surface area (Å²) in [6, 6.07) is 3.69. The van der Waals surface area contributed by atoms with Crippen LogP contribution >= 0.6 is 31.9 Å². The summed E-state index contributed by atoms with van der Waals surface area (Å²) < 4.78 is 8.49. The second-order valence-electron chi connectivity index (χ2n) is 5.15. The lowest BCUT2D eigenvalue weighted by molar-refractivity contribution is -0.884. The van der Waals surface area contributed by atoms with Crippen LogP contribution in [0.3, 0.4) is 0 Å². The van der Waals surface area contributed by atoms with Gasteiger partial charge in [0.15, 0.2) is 0 Å². The van der Waals surface area contributed by atoms with Crippen LogP contribution < -0.4 is 27.5 Å². The molecule has 0 heterocycles. The average molecular weight is 473 g/mol. The second-order valence-corrected chi connectivity index (χ2v) is 6.85. The zero-order valence-electron chi connectivity index (χ0n) is 11.8. The van der Waals surface area contributed by atoms with Gasteiger partial charge in [0.25, 0.3) is 0 Å². The van der Waals surface area contributed by atoms with Gasteiger partial charge in [0.1, 0.15) is 5.75 Å². The third kappa shape index (κ3) is 6.61. The molecule has 1 aromatic rings. The van der Waals surface area contributed by atoms with Crippen LogP contribution in [0.5, 0.6) is 5.75 Å². The van der Waals surface area contributed by atoms with E-state index >= 15 is 0 Å². The summed E-state index contributed by atoms with van der Waals surface area (Å²) in [4.78, 5) is 0. The van der Waals surface area contributed by atoms with Crippen molar-refractivity contribution >= 4 is 37.5 Å². The molecule has 0 saturated heterocycles. The van der Waals surface area contributed by atoms with Crippen LogP contribution in [0.2, 0.25) is 0 Å². The molecule has 1 rings (SSSR count). The topological polar surface area (TPSA) is 35.2 Å². The van der Waals surface area contributed by atoms with E-state index in [1.165, 1.54) is 0 Å². The van der Waals surface area contributed by atoms with E-state index in [0.29, 0.717) is 12.3 Å². The summed E-state index contributed by atoms with van der Waals surface area (Å²) in [5, 5.41) is 0. The average Bonchev–Trinajstić information content (AvgIpc) is 2.26. The monoisotopic (exact) mass is 470 g/mol. The molecule has 0 aliphatic carbocycles. The maximum absolute atomic E-state index is 5.81. The lowest BCUT2D eigenvalue weighted by atomic mass is 10.3. The minimum Gasteiger partial charge on any atom is -1.00 e. The van der Waals surface area contributed by atoms with Crippen molar-refractivity contribution in [3.63, 3.8) is 0 Å². The number of quaternary nitrogens is 1. The lowest BCUT2D eigenvalue weighted by Gasteiger charge is -2.28. The summed E-state index contributed by atoms with van der Waals surface area (Å²) in [7, 11) is 4.38. The van der Waals surface area contributed by atoms with Gasteiger partial charge in [0.05, 0.1) is 42.7 Å². The number of likely N-dealkylation sites (N-methyl/N-ethyl adjacent to an activating group) is 1. The first-order valence-corrected chi connectivity index (χ1v) is 7.74. The number of anilines is 1. The molecule has 0 aliphatic rings. The molecule has 0 saturated carbocycles. The fourth-order valence-corrected chi connectivity index (χ4v) is 3.28. The zero-order valence-corrected chi connectivity index (χ0v) is 16.6. The Morgan fingerprint density at radius 1 is 1.30 bits per heavy atom. The number of nitrogens with zero attached hydrogens (tertiary/aromatic N) is 1. The van der Waals surface area contributed by atoms with Gasteiger partial charge in [-0.1, -0.05) is 6.58 Å². The van der Waals surface area contributed by atoms with E-state index in [-0.39, 0.29) is 17.0 Å². The van der Waals surface area contributed by atoms with Crippen LogP contribution in [0.1, 0.15) is 6.42 Å². The minimum atomic E-state index is 0. The Kier molecular flexibility index (Phi) is 9.06. The molecule has 0 bridgehead atoms. The molecule has 0 fully saturated rings. The fourth-order valence-electron chi connectivity index (χ4n) is 1.82. The Hall–Kier alpha value is -0.0400. The molecule has 1 aromatic carbocycles. The molecule has 0 spiro atoms. The molecule has 114 valence electrons. The third-order valence-electron chi connectivity index (χ3n) is 2.80. The SMILES string of the molecule is C=CC[N+](C)(C)CCCOc1c(Br)cc(N)cc1Br.[Br-]. The van der Waals surface area contributed by atoms with Crippen molar-refractivity contribution in [3.8, 4) is 5.75 Å². The van der Waals surface area contributed by atoms with Gasteiger partial charge in [-0.3, -0.25) is 0 Å². The van der Waals surface area contributed by atoms with Crippen molar-refractivity contribution in [2.75, 3.05) is 39.5 Å². The number of nitrogens with two attached hydrogens (primary N) is 1. The van der Waals surface area contributed by atoms with E-state index in [9.17, 15) is 0 Å². The molecule has 0 amide bonds. The second kappa shape index (κ2) is 9.07. The highest BCUT2D eigenvalue weighted by Crippen LogP contribution is 2.35. The third-order valence-corrected chi connectivity index (χ3v) is 3.98. The number of ether oxygens (including phenoxy) is 1. The van der Waals surface area contributed by atoms with E-state index in [4.69, 9.17) is 10.5 Å². The maximum atomic E-state index is 5.81. The largest absolute Gasteiger partial charge is 1.00 e. The summed E-state index contributed by atoms with van der Waals surface area (Å²) >= 11 is 6.92. The normalized spacial score (nSPS) is 10.8. The van der Waals surface area contributed by atoms with Crippen molar-refractivity contribution in [3.05, 3.63) is 33.7 Å². The number of hydrogen-bond donors (Lipinski definition) is 1. The van der Waals surface area contributed by atoms with E-state index in [2.05, 4.69) is 52.5 Å². The summed E-state index contributed by atoms with van der Waals surface area (Å²) in [5.41, 5.74) is 6.45. The molecule has 0 aromatic heterocycles. The Balaban J connectivity index is 0.00000361. The molecule has 0 aliphatic heterocycles. The first kappa shape index (κ1) is 20.0. The summed E-state index contributed by atoms with van der Waals surface area (Å²) in [6.07, 6.45) is 2.94. The van der Waals surface area contributed by atoms with Crippen LogP contribution in [-0.4, -0.2) is 38.3 Å². The smallest absolute Gasteiger partial charge is 0.147 e. The van der Waals surface area contributed by atoms with Gasteiger partial charge in [0, 0.05) is 12.1 Å². The highest BCUT2D eigenvalue weighted by atomic mass is 79.9. The Morgan fingerprint density at radius 3 is 2.35 bits per heavy atom. The first-order chi connectivity index (χ1) is 8.85. The van der Waals surface area contributed by atoms with Crippen LogP contribution in [0.4, 0.5) is 5.69 Å². The molecular formula is C14H21Br3N2O. The fraction of sp³-hybridized carbons (Fsp3) is 0.429. The molecule has 0 atom stereocenters. The van der Waals surface area contributed by atoms with Gasteiger partial charge in [-0.25, -0.2) is 0 Å². The molecule has 2 N–H and O–H groups in total. The Morgan fingerprint density at radius 2 is 1.85 bits per heavy atom. The van der Waals surface area contributed by atoms with Gasteiger partial charge >= 0.3 is 0 Å². The van der Waals surface area contributed by atoms with Gasteiger partial charge < -0.3 is 31.9 Å². The molecule has 0 radical (unpaired) electrons. The van der Waals surface area contributed by atoms with Crippen molar-refractivity contribution in [2.24, 2.45) is 0 Å². The van der Waals surface area contributed by atoms with Crippen molar-refractivity contribution < 1.29 is 26.2 Å². The Labute approximate surface area is 148 Å². The van der Waals surface area contributed by atoms with Crippen molar-refractivity contribution in [1.29, 1.82) is 0 Å². The molecule has 20 heavy (non-hydrogen) atoms. The van der Waals surface area contributed by atoms with E-state index in [0.717, 1.165) is 38.7 Å². The highest BCUT2D eigenvalue weighted by molar-refractivity contribution is 9.11. The number of rotatable bonds is 7. The van der Waals surface area contributed by atoms with Crippen molar-refractivity contribution in [2.45, 2.75) is 6.42 Å². The van der Waals surface area contributed by atoms with Gasteiger partial charge in [0.2, 0.25) is 0 Å². The molecule has 0 unspecified atom stereocenters.